The van der Waals surface area contributed by atoms with Crippen LogP contribution < -0.4 is 10.2 Å². The number of rotatable bonds is 3. The van der Waals surface area contributed by atoms with E-state index in [4.69, 9.17) is 9.15 Å². The standard InChI is InChI=1S/C25H18O8S/c1-34-13-5-2-11(3-6-13)14-9-19(29)32-18-10-17(28)21-22(30)23(31)24(33-25(21)20(14)18)12-4-7-15(26)16(27)8-12/h2-8,10,14,26-28,31H,9H2,1H3/t14-/m1/s1. The summed E-state index contributed by atoms with van der Waals surface area (Å²) < 4.78 is 11.3. The van der Waals surface area contributed by atoms with E-state index in [1.807, 2.05) is 30.5 Å². The Morgan fingerprint density at radius 1 is 0.912 bits per heavy atom. The Balaban J connectivity index is 1.82. The van der Waals surface area contributed by atoms with E-state index in [1.54, 1.807) is 11.8 Å². The molecule has 0 saturated heterocycles. The molecule has 0 aliphatic carbocycles. The maximum Gasteiger partial charge on any atom is 0.312 e. The highest BCUT2D eigenvalue weighted by atomic mass is 32.2. The van der Waals surface area contributed by atoms with Gasteiger partial charge in [-0.3, -0.25) is 9.59 Å². The van der Waals surface area contributed by atoms with Gasteiger partial charge in [0.2, 0.25) is 11.2 Å². The number of ether oxygens (including phenoxy) is 1. The van der Waals surface area contributed by atoms with Crippen molar-refractivity contribution in [1.29, 1.82) is 0 Å². The minimum absolute atomic E-state index is 0.0224. The second kappa shape index (κ2) is 8.03. The zero-order valence-corrected chi connectivity index (χ0v) is 18.5. The lowest BCUT2D eigenvalue weighted by atomic mass is 9.85. The number of thioether (sulfide) groups is 1. The largest absolute Gasteiger partial charge is 0.507 e. The van der Waals surface area contributed by atoms with Gasteiger partial charge in [-0.05, 0) is 42.2 Å². The number of carbonyl (C=O) groups is 1. The minimum Gasteiger partial charge on any atom is -0.507 e. The van der Waals surface area contributed by atoms with Crippen LogP contribution in [0.3, 0.4) is 0 Å². The number of benzene rings is 3. The summed E-state index contributed by atoms with van der Waals surface area (Å²) in [7, 11) is 0. The average Bonchev–Trinajstić information content (AvgIpc) is 2.82. The number of fused-ring (bicyclic) bond motifs is 3. The topological polar surface area (TPSA) is 137 Å². The molecule has 0 radical (unpaired) electrons. The average molecular weight is 478 g/mol. The molecule has 0 amide bonds. The maximum atomic E-state index is 13.1. The van der Waals surface area contributed by atoms with Crippen molar-refractivity contribution >= 4 is 28.7 Å². The molecule has 4 aromatic rings. The Hall–Kier alpha value is -4.11. The predicted octanol–water partition coefficient (Wildman–Crippen LogP) is 4.45. The van der Waals surface area contributed by atoms with Crippen LogP contribution in [-0.4, -0.2) is 32.7 Å². The minimum atomic E-state index is -0.891. The van der Waals surface area contributed by atoms with Gasteiger partial charge in [0.1, 0.15) is 22.5 Å². The van der Waals surface area contributed by atoms with Gasteiger partial charge < -0.3 is 29.6 Å². The van der Waals surface area contributed by atoms with Crippen molar-refractivity contribution in [2.75, 3.05) is 6.26 Å². The van der Waals surface area contributed by atoms with E-state index >= 15 is 0 Å². The predicted molar refractivity (Wildman–Crippen MR) is 125 cm³/mol. The van der Waals surface area contributed by atoms with Gasteiger partial charge in [-0.15, -0.1) is 11.8 Å². The number of esters is 1. The van der Waals surface area contributed by atoms with Gasteiger partial charge >= 0.3 is 5.97 Å². The first kappa shape index (κ1) is 21.7. The number of aromatic hydroxyl groups is 4. The number of hydrogen-bond donors (Lipinski definition) is 4. The fourth-order valence-electron chi connectivity index (χ4n) is 4.16. The molecular formula is C25H18O8S. The van der Waals surface area contributed by atoms with Crippen LogP contribution in [0.1, 0.15) is 23.5 Å². The van der Waals surface area contributed by atoms with Crippen molar-refractivity contribution in [2.24, 2.45) is 0 Å². The second-order valence-corrected chi connectivity index (χ2v) is 8.71. The normalized spacial score (nSPS) is 15.2. The monoisotopic (exact) mass is 478 g/mol. The number of hydrogen-bond acceptors (Lipinski definition) is 9. The van der Waals surface area contributed by atoms with Gasteiger partial charge in [-0.1, -0.05) is 12.1 Å². The third kappa shape index (κ3) is 3.41. The molecule has 1 aromatic heterocycles. The fourth-order valence-corrected chi connectivity index (χ4v) is 4.57. The van der Waals surface area contributed by atoms with Gasteiger partial charge in [0.25, 0.3) is 0 Å². The van der Waals surface area contributed by atoms with Gasteiger partial charge in [-0.25, -0.2) is 0 Å². The Bertz CT molecular complexity index is 1520. The van der Waals surface area contributed by atoms with Crippen molar-refractivity contribution in [3.05, 3.63) is 69.9 Å². The van der Waals surface area contributed by atoms with E-state index in [0.717, 1.165) is 16.5 Å². The Kier molecular flexibility index (Phi) is 5.13. The number of carbonyl (C=O) groups excluding carboxylic acids is 1. The molecule has 5 rings (SSSR count). The van der Waals surface area contributed by atoms with Crippen molar-refractivity contribution in [3.63, 3.8) is 0 Å². The smallest absolute Gasteiger partial charge is 0.312 e. The molecule has 1 aliphatic rings. The highest BCUT2D eigenvalue weighted by Gasteiger charge is 2.34. The lowest BCUT2D eigenvalue weighted by Gasteiger charge is -2.26. The van der Waals surface area contributed by atoms with E-state index < -0.39 is 34.6 Å². The molecule has 34 heavy (non-hydrogen) atoms. The SMILES string of the molecule is CSc1ccc([C@H]2CC(=O)Oc3cc(O)c4c(=O)c(O)c(-c5ccc(O)c(O)c5)oc4c32)cc1. The van der Waals surface area contributed by atoms with Crippen LogP contribution in [-0.2, 0) is 4.79 Å². The number of phenolic OH excluding ortho intramolecular Hbond substituents is 3. The molecule has 4 N–H and O–H groups in total. The third-order valence-corrected chi connectivity index (χ3v) is 6.56. The highest BCUT2D eigenvalue weighted by molar-refractivity contribution is 7.98. The summed E-state index contributed by atoms with van der Waals surface area (Å²) in [5.74, 6) is -3.41. The molecule has 0 unspecified atom stereocenters. The van der Waals surface area contributed by atoms with Crippen LogP contribution in [0.5, 0.6) is 28.7 Å². The van der Waals surface area contributed by atoms with Crippen LogP contribution in [0.2, 0.25) is 0 Å². The molecule has 0 fully saturated rings. The molecule has 1 atom stereocenters. The first-order valence-electron chi connectivity index (χ1n) is 10.2. The van der Waals surface area contributed by atoms with E-state index in [1.165, 1.54) is 18.2 Å². The molecule has 0 saturated carbocycles. The van der Waals surface area contributed by atoms with Crippen LogP contribution in [0, 0.1) is 0 Å². The highest BCUT2D eigenvalue weighted by Crippen LogP contribution is 2.47. The van der Waals surface area contributed by atoms with Crippen LogP contribution in [0.25, 0.3) is 22.3 Å². The lowest BCUT2D eigenvalue weighted by molar-refractivity contribution is -0.135. The summed E-state index contributed by atoms with van der Waals surface area (Å²) in [5, 5.41) is 40.4. The summed E-state index contributed by atoms with van der Waals surface area (Å²) in [6, 6.07) is 12.4. The lowest BCUT2D eigenvalue weighted by Crippen LogP contribution is -2.22. The van der Waals surface area contributed by atoms with Crippen molar-refractivity contribution in [1.82, 2.24) is 0 Å². The Morgan fingerprint density at radius 3 is 2.32 bits per heavy atom. The molecule has 2 heterocycles. The number of phenols is 3. The van der Waals surface area contributed by atoms with E-state index in [9.17, 15) is 30.0 Å². The van der Waals surface area contributed by atoms with Crippen LogP contribution in [0.4, 0.5) is 0 Å². The fraction of sp³-hybridized carbons (Fsp3) is 0.120. The maximum absolute atomic E-state index is 13.1. The van der Waals surface area contributed by atoms with E-state index in [2.05, 4.69) is 0 Å². The van der Waals surface area contributed by atoms with E-state index in [-0.39, 0.29) is 40.2 Å². The van der Waals surface area contributed by atoms with Crippen LogP contribution in [0.15, 0.2) is 62.6 Å². The van der Waals surface area contributed by atoms with Gasteiger partial charge in [-0.2, -0.15) is 0 Å². The summed E-state index contributed by atoms with van der Waals surface area (Å²) in [6.07, 6.45) is 1.92. The molecular weight excluding hydrogens is 460 g/mol. The zero-order valence-electron chi connectivity index (χ0n) is 17.7. The van der Waals surface area contributed by atoms with Crippen LogP contribution >= 0.6 is 11.8 Å². The van der Waals surface area contributed by atoms with Gasteiger partial charge in [0.05, 0.1) is 6.42 Å². The molecule has 0 spiro atoms. The molecule has 9 heteroatoms. The van der Waals surface area contributed by atoms with Crippen molar-refractivity contribution in [2.45, 2.75) is 17.2 Å². The Labute approximate surface area is 196 Å². The molecule has 1 aliphatic heterocycles. The third-order valence-electron chi connectivity index (χ3n) is 5.82. The molecule has 8 nitrogen and oxygen atoms in total. The summed E-state index contributed by atoms with van der Waals surface area (Å²) in [6.45, 7) is 0. The van der Waals surface area contributed by atoms with Gasteiger partial charge in [0.15, 0.2) is 17.3 Å². The van der Waals surface area contributed by atoms with Crippen molar-refractivity contribution in [3.8, 4) is 40.1 Å². The molecule has 3 aromatic carbocycles. The quantitative estimate of drug-likeness (QED) is 0.146. The molecule has 172 valence electrons. The van der Waals surface area contributed by atoms with E-state index in [0.29, 0.717) is 5.56 Å². The molecule has 0 bridgehead atoms. The summed E-state index contributed by atoms with van der Waals surface area (Å²) >= 11 is 1.57. The summed E-state index contributed by atoms with van der Waals surface area (Å²) in [5.41, 5.74) is 0.342. The van der Waals surface area contributed by atoms with Gasteiger partial charge in [0, 0.05) is 28.0 Å². The first-order valence-corrected chi connectivity index (χ1v) is 11.4. The first-order chi connectivity index (χ1) is 16.3. The zero-order chi connectivity index (χ0) is 24.1. The summed E-state index contributed by atoms with van der Waals surface area (Å²) in [4.78, 5) is 26.5. The Morgan fingerprint density at radius 2 is 1.65 bits per heavy atom. The second-order valence-electron chi connectivity index (χ2n) is 7.83. The van der Waals surface area contributed by atoms with Crippen molar-refractivity contribution < 1.29 is 34.4 Å².